The second-order valence-electron chi connectivity index (χ2n) is 6.99. The van der Waals surface area contributed by atoms with E-state index in [1.54, 1.807) is 0 Å². The highest BCUT2D eigenvalue weighted by molar-refractivity contribution is 7.92. The van der Waals surface area contributed by atoms with Crippen LogP contribution in [0.5, 0.6) is 0 Å². The SMILES string of the molecule is O=C(O)c1cc(NC(=O)c2cccc(S(=O)(=O)Nc3ccc(C(F)(F)F)cc3)c2)cc([N+](=O)[O-])c1. The van der Waals surface area contributed by atoms with Crippen LogP contribution < -0.4 is 10.0 Å². The maximum atomic E-state index is 12.7. The van der Waals surface area contributed by atoms with Gasteiger partial charge in [-0.2, -0.15) is 13.2 Å². The number of anilines is 2. The summed E-state index contributed by atoms with van der Waals surface area (Å²) in [5, 5.41) is 22.4. The molecule has 3 aromatic carbocycles. The van der Waals surface area contributed by atoms with Gasteiger partial charge >= 0.3 is 12.1 Å². The number of nitrogens with one attached hydrogen (secondary N) is 2. The van der Waals surface area contributed by atoms with Gasteiger partial charge in [-0.1, -0.05) is 6.07 Å². The van der Waals surface area contributed by atoms with E-state index >= 15 is 0 Å². The maximum absolute atomic E-state index is 12.7. The van der Waals surface area contributed by atoms with Gasteiger partial charge < -0.3 is 10.4 Å². The Labute approximate surface area is 195 Å². The molecule has 182 valence electrons. The van der Waals surface area contributed by atoms with E-state index in [-0.39, 0.29) is 16.9 Å². The number of nitro groups is 1. The fraction of sp³-hybridized carbons (Fsp3) is 0.0476. The summed E-state index contributed by atoms with van der Waals surface area (Å²) in [6.07, 6.45) is -4.59. The van der Waals surface area contributed by atoms with Crippen LogP contribution in [0.1, 0.15) is 26.3 Å². The molecule has 0 heterocycles. The van der Waals surface area contributed by atoms with Gasteiger partial charge in [0.15, 0.2) is 0 Å². The van der Waals surface area contributed by atoms with Crippen molar-refractivity contribution in [2.24, 2.45) is 0 Å². The summed E-state index contributed by atoms with van der Waals surface area (Å²) >= 11 is 0. The minimum Gasteiger partial charge on any atom is -0.478 e. The standard InChI is InChI=1S/C21H14F3N3O7S/c22-21(23,24)14-4-6-15(7-5-14)26-35(33,34)18-3-1-2-12(10-18)19(28)25-16-8-13(20(29)30)9-17(11-16)27(31)32/h1-11,26H,(H,25,28)(H,29,30). The Balaban J connectivity index is 1.84. The number of hydrogen-bond donors (Lipinski definition) is 3. The third-order valence-electron chi connectivity index (χ3n) is 4.50. The van der Waals surface area contributed by atoms with Crippen LogP contribution in [0.25, 0.3) is 0 Å². The van der Waals surface area contributed by atoms with E-state index in [1.165, 1.54) is 12.1 Å². The zero-order valence-electron chi connectivity index (χ0n) is 17.2. The molecule has 0 aliphatic heterocycles. The smallest absolute Gasteiger partial charge is 0.416 e. The highest BCUT2D eigenvalue weighted by atomic mass is 32.2. The Kier molecular flexibility index (Phi) is 6.77. The average molecular weight is 509 g/mol. The monoisotopic (exact) mass is 509 g/mol. The molecule has 10 nitrogen and oxygen atoms in total. The molecule has 1 amide bonds. The lowest BCUT2D eigenvalue weighted by atomic mass is 10.1. The number of hydrogen-bond acceptors (Lipinski definition) is 6. The summed E-state index contributed by atoms with van der Waals surface area (Å²) in [5.74, 6) is -2.36. The normalized spacial score (nSPS) is 11.5. The first kappa shape index (κ1) is 25.2. The minimum absolute atomic E-state index is 0.148. The van der Waals surface area contributed by atoms with E-state index in [4.69, 9.17) is 5.11 Å². The first-order valence-electron chi connectivity index (χ1n) is 9.40. The number of carbonyl (C=O) groups excluding carboxylic acids is 1. The minimum atomic E-state index is -4.59. The number of rotatable bonds is 7. The Hall–Kier alpha value is -4.46. The molecule has 0 saturated carbocycles. The summed E-state index contributed by atoms with van der Waals surface area (Å²) in [4.78, 5) is 33.6. The van der Waals surface area contributed by atoms with E-state index in [1.807, 2.05) is 0 Å². The molecule has 3 rings (SSSR count). The van der Waals surface area contributed by atoms with Gasteiger partial charge in [0.25, 0.3) is 21.6 Å². The molecular weight excluding hydrogens is 495 g/mol. The number of alkyl halides is 3. The Morgan fingerprint density at radius 1 is 0.914 bits per heavy atom. The molecule has 0 bridgehead atoms. The molecule has 0 aliphatic rings. The largest absolute Gasteiger partial charge is 0.478 e. The number of carboxylic acids is 1. The van der Waals surface area contributed by atoms with Gasteiger partial charge in [-0.05, 0) is 48.5 Å². The van der Waals surface area contributed by atoms with Crippen molar-refractivity contribution in [1.29, 1.82) is 0 Å². The van der Waals surface area contributed by atoms with Crippen molar-refractivity contribution in [3.05, 3.63) is 93.5 Å². The molecule has 3 aromatic rings. The molecule has 0 saturated heterocycles. The van der Waals surface area contributed by atoms with Crippen molar-refractivity contribution in [1.82, 2.24) is 0 Å². The van der Waals surface area contributed by atoms with E-state index < -0.39 is 54.7 Å². The van der Waals surface area contributed by atoms with Crippen LogP contribution in [0.2, 0.25) is 0 Å². The van der Waals surface area contributed by atoms with Crippen LogP contribution in [0.15, 0.2) is 71.6 Å². The summed E-state index contributed by atoms with van der Waals surface area (Å²) in [6.45, 7) is 0. The van der Waals surface area contributed by atoms with Gasteiger partial charge in [-0.3, -0.25) is 19.6 Å². The van der Waals surface area contributed by atoms with Gasteiger partial charge in [0.2, 0.25) is 0 Å². The molecule has 3 N–H and O–H groups in total. The van der Waals surface area contributed by atoms with E-state index in [0.717, 1.165) is 42.5 Å². The number of benzene rings is 3. The first-order chi connectivity index (χ1) is 16.3. The van der Waals surface area contributed by atoms with Gasteiger partial charge in [0, 0.05) is 29.1 Å². The van der Waals surface area contributed by atoms with Crippen molar-refractivity contribution in [3.8, 4) is 0 Å². The van der Waals surface area contributed by atoms with Crippen LogP contribution in [-0.2, 0) is 16.2 Å². The number of amides is 1. The van der Waals surface area contributed by atoms with Crippen LogP contribution in [-0.4, -0.2) is 30.3 Å². The average Bonchev–Trinajstić information content (AvgIpc) is 2.78. The summed E-state index contributed by atoms with van der Waals surface area (Å²) in [5.41, 5.74) is -2.55. The molecule has 0 spiro atoms. The lowest BCUT2D eigenvalue weighted by Crippen LogP contribution is -2.16. The third-order valence-corrected chi connectivity index (χ3v) is 5.88. The molecule has 0 aliphatic carbocycles. The number of non-ortho nitro benzene ring substituents is 1. The van der Waals surface area contributed by atoms with E-state index in [2.05, 4.69) is 10.0 Å². The van der Waals surface area contributed by atoms with Gasteiger partial charge in [-0.15, -0.1) is 0 Å². The van der Waals surface area contributed by atoms with Gasteiger partial charge in [0.05, 0.1) is 20.9 Å². The van der Waals surface area contributed by atoms with Gasteiger partial charge in [-0.25, -0.2) is 13.2 Å². The summed E-state index contributed by atoms with van der Waals surface area (Å²) in [7, 11) is -4.30. The van der Waals surface area contributed by atoms with Crippen LogP contribution in [0.3, 0.4) is 0 Å². The van der Waals surface area contributed by atoms with E-state index in [9.17, 15) is 41.3 Å². The zero-order valence-corrected chi connectivity index (χ0v) is 18.1. The molecule has 14 heteroatoms. The first-order valence-corrected chi connectivity index (χ1v) is 10.9. The number of aromatic carboxylic acids is 1. The Morgan fingerprint density at radius 2 is 1.57 bits per heavy atom. The predicted molar refractivity (Wildman–Crippen MR) is 117 cm³/mol. The molecular formula is C21H14F3N3O7S. The Bertz CT molecular complexity index is 1390. The number of carboxylic acid groups (broad SMARTS) is 1. The van der Waals surface area contributed by atoms with E-state index in [0.29, 0.717) is 12.1 Å². The zero-order chi connectivity index (χ0) is 26.0. The van der Waals surface area contributed by atoms with Crippen molar-refractivity contribution in [3.63, 3.8) is 0 Å². The highest BCUT2D eigenvalue weighted by Gasteiger charge is 2.30. The molecule has 35 heavy (non-hydrogen) atoms. The van der Waals surface area contributed by atoms with Crippen LogP contribution >= 0.6 is 0 Å². The lowest BCUT2D eigenvalue weighted by molar-refractivity contribution is -0.384. The number of nitrogens with zero attached hydrogens (tertiary/aromatic N) is 1. The van der Waals surface area contributed by atoms with Crippen molar-refractivity contribution < 1.29 is 41.2 Å². The van der Waals surface area contributed by atoms with Crippen molar-refractivity contribution in [2.45, 2.75) is 11.1 Å². The number of sulfonamides is 1. The molecule has 0 radical (unpaired) electrons. The van der Waals surface area contributed by atoms with Crippen LogP contribution in [0, 0.1) is 10.1 Å². The predicted octanol–water partition coefficient (Wildman–Crippen LogP) is 4.36. The van der Waals surface area contributed by atoms with Gasteiger partial charge in [0.1, 0.15) is 0 Å². The second-order valence-corrected chi connectivity index (χ2v) is 8.68. The maximum Gasteiger partial charge on any atom is 0.416 e. The fourth-order valence-corrected chi connectivity index (χ4v) is 3.97. The summed E-state index contributed by atoms with van der Waals surface area (Å²) < 4.78 is 65.5. The lowest BCUT2D eigenvalue weighted by Gasteiger charge is -2.11. The highest BCUT2D eigenvalue weighted by Crippen LogP contribution is 2.30. The van der Waals surface area contributed by atoms with Crippen LogP contribution in [0.4, 0.5) is 30.2 Å². The fourth-order valence-electron chi connectivity index (χ4n) is 2.86. The third kappa shape index (κ3) is 6.11. The Morgan fingerprint density at radius 3 is 2.14 bits per heavy atom. The number of nitro benzene ring substituents is 1. The molecule has 0 aromatic heterocycles. The molecule has 0 fully saturated rings. The van der Waals surface area contributed by atoms with Crippen molar-refractivity contribution >= 4 is 39.0 Å². The second kappa shape index (κ2) is 9.42. The molecule has 0 atom stereocenters. The quantitative estimate of drug-likeness (QED) is 0.315. The number of halogens is 3. The topological polar surface area (TPSA) is 156 Å². The molecule has 0 unspecified atom stereocenters. The summed E-state index contributed by atoms with van der Waals surface area (Å²) in [6, 6.07) is 10.6. The van der Waals surface area contributed by atoms with Crippen molar-refractivity contribution in [2.75, 3.05) is 10.0 Å². The number of carbonyl (C=O) groups is 2.